The molecule has 0 fully saturated rings. The lowest BCUT2D eigenvalue weighted by molar-refractivity contribution is -0.136. The maximum absolute atomic E-state index is 10.6. The summed E-state index contributed by atoms with van der Waals surface area (Å²) in [6, 6.07) is 15.7. The molecule has 0 saturated heterocycles. The van der Waals surface area contributed by atoms with Crippen LogP contribution < -0.4 is 4.74 Å². The van der Waals surface area contributed by atoms with Crippen LogP contribution in [0.2, 0.25) is 0 Å². The summed E-state index contributed by atoms with van der Waals surface area (Å²) in [5.74, 6) is -0.230. The molecule has 0 unspecified atom stereocenters. The third-order valence-electron chi connectivity index (χ3n) is 3.86. The lowest BCUT2D eigenvalue weighted by Gasteiger charge is -2.09. The van der Waals surface area contributed by atoms with Gasteiger partial charge in [-0.05, 0) is 24.5 Å². The van der Waals surface area contributed by atoms with Gasteiger partial charge in [-0.15, -0.1) is 0 Å². The number of aromatic nitrogens is 1. The largest absolute Gasteiger partial charge is 0.481 e. The van der Waals surface area contributed by atoms with E-state index >= 15 is 0 Å². The Morgan fingerprint density at radius 2 is 1.96 bits per heavy atom. The molecule has 0 spiro atoms. The highest BCUT2D eigenvalue weighted by atomic mass is 16.5. The molecule has 1 aliphatic rings. The lowest BCUT2D eigenvalue weighted by Crippen LogP contribution is -1.97. The molecule has 0 radical (unpaired) electrons. The van der Waals surface area contributed by atoms with Gasteiger partial charge in [0.25, 0.3) is 0 Å². The zero-order chi connectivity index (χ0) is 17.5. The quantitative estimate of drug-likeness (QED) is 0.774. The van der Waals surface area contributed by atoms with E-state index in [9.17, 15) is 4.79 Å². The normalized spacial score (nSPS) is 15.0. The molecule has 1 aromatic carbocycles. The third kappa shape index (κ3) is 4.91. The summed E-state index contributed by atoms with van der Waals surface area (Å²) in [5, 5.41) is 8.72. The first-order valence-corrected chi connectivity index (χ1v) is 8.18. The maximum atomic E-state index is 10.6. The summed E-state index contributed by atoms with van der Waals surface area (Å²) in [7, 11) is 0. The van der Waals surface area contributed by atoms with Gasteiger partial charge in [-0.3, -0.25) is 4.79 Å². The van der Waals surface area contributed by atoms with Crippen LogP contribution in [0.4, 0.5) is 0 Å². The van der Waals surface area contributed by atoms with Crippen molar-refractivity contribution in [3.8, 4) is 17.1 Å². The SMILES string of the molecule is O=C(O)CCC1=CCC(=COc2cccc(-c3ccccc3)n2)C=C1. The van der Waals surface area contributed by atoms with Gasteiger partial charge in [-0.1, -0.05) is 60.2 Å². The summed E-state index contributed by atoms with van der Waals surface area (Å²) in [6.07, 6.45) is 9.06. The van der Waals surface area contributed by atoms with Gasteiger partial charge in [0.1, 0.15) is 0 Å². The first-order chi connectivity index (χ1) is 12.2. The van der Waals surface area contributed by atoms with E-state index in [0.717, 1.165) is 28.8 Å². The lowest BCUT2D eigenvalue weighted by atomic mass is 10.00. The molecule has 4 heteroatoms. The number of ether oxygens (including phenoxy) is 1. The van der Waals surface area contributed by atoms with Crippen LogP contribution in [0.3, 0.4) is 0 Å². The van der Waals surface area contributed by atoms with E-state index in [0.29, 0.717) is 12.3 Å². The zero-order valence-corrected chi connectivity index (χ0v) is 13.8. The van der Waals surface area contributed by atoms with E-state index in [1.807, 2.05) is 66.8 Å². The van der Waals surface area contributed by atoms with Crippen molar-refractivity contribution in [3.05, 3.63) is 84.2 Å². The molecular formula is C21H19NO3. The average Bonchev–Trinajstić information content (AvgIpc) is 2.66. The summed E-state index contributed by atoms with van der Waals surface area (Å²) < 4.78 is 5.69. The van der Waals surface area contributed by atoms with Crippen molar-refractivity contribution < 1.29 is 14.6 Å². The first kappa shape index (κ1) is 16.7. The monoisotopic (exact) mass is 333 g/mol. The number of hydrogen-bond acceptors (Lipinski definition) is 3. The smallest absolute Gasteiger partial charge is 0.303 e. The third-order valence-corrected chi connectivity index (χ3v) is 3.86. The van der Waals surface area contributed by atoms with E-state index in [2.05, 4.69) is 4.98 Å². The number of pyridine rings is 1. The number of hydrogen-bond donors (Lipinski definition) is 1. The second-order valence-electron chi connectivity index (χ2n) is 5.75. The number of carboxylic acid groups (broad SMARTS) is 1. The predicted octanol–water partition coefficient (Wildman–Crippen LogP) is 4.76. The summed E-state index contributed by atoms with van der Waals surface area (Å²) in [5.41, 5.74) is 3.98. The van der Waals surface area contributed by atoms with Crippen molar-refractivity contribution in [1.29, 1.82) is 0 Å². The van der Waals surface area contributed by atoms with Gasteiger partial charge in [-0.25, -0.2) is 4.98 Å². The Balaban J connectivity index is 1.62. The van der Waals surface area contributed by atoms with Crippen molar-refractivity contribution in [2.45, 2.75) is 19.3 Å². The van der Waals surface area contributed by atoms with Crippen LogP contribution in [-0.4, -0.2) is 16.1 Å². The molecule has 0 amide bonds. The average molecular weight is 333 g/mol. The molecular weight excluding hydrogens is 314 g/mol. The minimum atomic E-state index is -0.775. The van der Waals surface area contributed by atoms with Gasteiger partial charge in [0, 0.05) is 18.1 Å². The number of carbonyl (C=O) groups is 1. The standard InChI is InChI=1S/C21H19NO3/c23-21(24)14-13-16-9-11-17(12-10-16)15-25-20-8-4-7-19(22-20)18-5-2-1-3-6-18/h1-11,15H,12-14H2,(H,23,24). The number of allylic oxidation sites excluding steroid dienone is 5. The van der Waals surface area contributed by atoms with Crippen molar-refractivity contribution in [3.63, 3.8) is 0 Å². The molecule has 1 N–H and O–H groups in total. The van der Waals surface area contributed by atoms with Crippen molar-refractivity contribution in [2.75, 3.05) is 0 Å². The molecule has 1 heterocycles. The molecule has 0 saturated carbocycles. The first-order valence-electron chi connectivity index (χ1n) is 8.18. The van der Waals surface area contributed by atoms with Crippen LogP contribution in [0.15, 0.2) is 84.2 Å². The van der Waals surface area contributed by atoms with Gasteiger partial charge < -0.3 is 9.84 Å². The van der Waals surface area contributed by atoms with Crippen molar-refractivity contribution in [2.24, 2.45) is 0 Å². The van der Waals surface area contributed by atoms with Crippen LogP contribution >= 0.6 is 0 Å². The van der Waals surface area contributed by atoms with Gasteiger partial charge in [-0.2, -0.15) is 0 Å². The second kappa shape index (κ2) is 8.11. The highest BCUT2D eigenvalue weighted by Crippen LogP contribution is 2.22. The Labute approximate surface area is 146 Å². The molecule has 0 aliphatic heterocycles. The van der Waals surface area contributed by atoms with Crippen LogP contribution in [0, 0.1) is 0 Å². The molecule has 1 aliphatic carbocycles. The van der Waals surface area contributed by atoms with E-state index in [4.69, 9.17) is 9.84 Å². The van der Waals surface area contributed by atoms with Crippen molar-refractivity contribution >= 4 is 5.97 Å². The van der Waals surface area contributed by atoms with Crippen LogP contribution in [0.1, 0.15) is 19.3 Å². The molecule has 25 heavy (non-hydrogen) atoms. The maximum Gasteiger partial charge on any atom is 0.303 e. The zero-order valence-electron chi connectivity index (χ0n) is 13.8. The number of nitrogens with zero attached hydrogens (tertiary/aromatic N) is 1. The van der Waals surface area contributed by atoms with E-state index in [1.54, 1.807) is 6.26 Å². The molecule has 4 nitrogen and oxygen atoms in total. The Morgan fingerprint density at radius 3 is 2.68 bits per heavy atom. The fourth-order valence-corrected chi connectivity index (χ4v) is 2.51. The second-order valence-corrected chi connectivity index (χ2v) is 5.75. The van der Waals surface area contributed by atoms with Crippen LogP contribution in [0.25, 0.3) is 11.3 Å². The minimum absolute atomic E-state index is 0.155. The Kier molecular flexibility index (Phi) is 5.42. The summed E-state index contributed by atoms with van der Waals surface area (Å²) >= 11 is 0. The van der Waals surface area contributed by atoms with Crippen LogP contribution in [-0.2, 0) is 4.79 Å². The van der Waals surface area contributed by atoms with Gasteiger partial charge in [0.15, 0.2) is 0 Å². The Morgan fingerprint density at radius 1 is 1.12 bits per heavy atom. The fraction of sp³-hybridized carbons (Fsp3) is 0.143. The Bertz CT molecular complexity index is 835. The highest BCUT2D eigenvalue weighted by molar-refractivity contribution is 5.67. The van der Waals surface area contributed by atoms with E-state index in [-0.39, 0.29) is 6.42 Å². The Hall–Kier alpha value is -3.14. The topological polar surface area (TPSA) is 59.4 Å². The van der Waals surface area contributed by atoms with E-state index in [1.165, 1.54) is 0 Å². The predicted molar refractivity (Wildman–Crippen MR) is 97.1 cm³/mol. The van der Waals surface area contributed by atoms with Crippen LogP contribution in [0.5, 0.6) is 5.88 Å². The minimum Gasteiger partial charge on any atom is -0.481 e. The number of rotatable bonds is 6. The van der Waals surface area contributed by atoms with Gasteiger partial charge >= 0.3 is 5.97 Å². The fourth-order valence-electron chi connectivity index (χ4n) is 2.51. The molecule has 1 aromatic heterocycles. The number of carboxylic acids is 1. The molecule has 0 bridgehead atoms. The molecule has 2 aromatic rings. The van der Waals surface area contributed by atoms with Gasteiger partial charge in [0.2, 0.25) is 5.88 Å². The van der Waals surface area contributed by atoms with Crippen molar-refractivity contribution in [1.82, 2.24) is 4.98 Å². The molecule has 0 atom stereocenters. The summed E-state index contributed by atoms with van der Waals surface area (Å²) in [6.45, 7) is 0. The molecule has 3 rings (SSSR count). The number of benzene rings is 1. The number of aliphatic carboxylic acids is 1. The molecule has 126 valence electrons. The summed E-state index contributed by atoms with van der Waals surface area (Å²) in [4.78, 5) is 15.1. The van der Waals surface area contributed by atoms with E-state index < -0.39 is 5.97 Å². The van der Waals surface area contributed by atoms with Gasteiger partial charge in [0.05, 0.1) is 12.0 Å². The highest BCUT2D eigenvalue weighted by Gasteiger charge is 2.05.